The van der Waals surface area contributed by atoms with Crippen LogP contribution in [0.2, 0.25) is 0 Å². The van der Waals surface area contributed by atoms with Crippen LogP contribution < -0.4 is 4.74 Å². The second kappa shape index (κ2) is 6.16. The van der Waals surface area contributed by atoms with Crippen LogP contribution in [0.1, 0.15) is 31.4 Å². The van der Waals surface area contributed by atoms with Gasteiger partial charge in [0.2, 0.25) is 0 Å². The summed E-state index contributed by atoms with van der Waals surface area (Å²) in [6, 6.07) is 4.60. The lowest BCUT2D eigenvalue weighted by Crippen LogP contribution is -2.21. The smallest absolute Gasteiger partial charge is 0.132 e. The van der Waals surface area contributed by atoms with Crippen molar-refractivity contribution in [1.29, 1.82) is 0 Å². The Labute approximate surface area is 107 Å². The molecular weight excluding hydrogens is 235 g/mol. The largest absolute Gasteiger partial charge is 0.493 e. The van der Waals surface area contributed by atoms with Crippen LogP contribution in [-0.2, 0) is 4.74 Å². The third kappa shape index (κ3) is 3.43. The Balaban J connectivity index is 1.91. The van der Waals surface area contributed by atoms with Crippen molar-refractivity contribution in [1.82, 2.24) is 0 Å². The number of rotatable bonds is 4. The van der Waals surface area contributed by atoms with Gasteiger partial charge in [-0.3, -0.25) is 0 Å². The molecule has 1 aliphatic heterocycles. The Kier molecular flexibility index (Phi) is 4.55. The first-order valence-electron chi connectivity index (χ1n) is 6.35. The molecule has 1 N–H and O–H groups in total. The SMILES string of the molecule is C[C@H](O)c1ccc(OCC2CCOCC2)cc1F. The van der Waals surface area contributed by atoms with Gasteiger partial charge in [0, 0.05) is 24.8 Å². The van der Waals surface area contributed by atoms with E-state index in [-0.39, 0.29) is 0 Å². The molecule has 4 heteroatoms. The Morgan fingerprint density at radius 1 is 1.44 bits per heavy atom. The second-order valence-corrected chi connectivity index (χ2v) is 4.73. The third-order valence-electron chi connectivity index (χ3n) is 3.25. The first-order valence-corrected chi connectivity index (χ1v) is 6.35. The van der Waals surface area contributed by atoms with Gasteiger partial charge in [-0.15, -0.1) is 0 Å². The molecule has 1 heterocycles. The van der Waals surface area contributed by atoms with E-state index in [0.29, 0.717) is 23.8 Å². The van der Waals surface area contributed by atoms with Crippen LogP contribution in [0.25, 0.3) is 0 Å². The molecule has 1 atom stereocenters. The minimum Gasteiger partial charge on any atom is -0.493 e. The van der Waals surface area contributed by atoms with E-state index >= 15 is 0 Å². The zero-order valence-corrected chi connectivity index (χ0v) is 10.6. The van der Waals surface area contributed by atoms with Gasteiger partial charge in [-0.2, -0.15) is 0 Å². The lowest BCUT2D eigenvalue weighted by atomic mass is 10.0. The molecule has 1 saturated heterocycles. The molecule has 3 nitrogen and oxygen atoms in total. The van der Waals surface area contributed by atoms with Crippen LogP contribution in [0, 0.1) is 11.7 Å². The molecule has 2 rings (SSSR count). The fraction of sp³-hybridized carbons (Fsp3) is 0.571. The molecule has 1 fully saturated rings. The highest BCUT2D eigenvalue weighted by Gasteiger charge is 2.15. The Bertz CT molecular complexity index is 387. The van der Waals surface area contributed by atoms with Crippen molar-refractivity contribution in [3.05, 3.63) is 29.6 Å². The van der Waals surface area contributed by atoms with Crippen molar-refractivity contribution in [3.8, 4) is 5.75 Å². The van der Waals surface area contributed by atoms with Crippen molar-refractivity contribution in [2.75, 3.05) is 19.8 Å². The molecule has 0 aliphatic carbocycles. The summed E-state index contributed by atoms with van der Waals surface area (Å²) in [5.41, 5.74) is 0.299. The monoisotopic (exact) mass is 254 g/mol. The molecule has 1 aromatic carbocycles. The van der Waals surface area contributed by atoms with E-state index in [1.54, 1.807) is 19.1 Å². The van der Waals surface area contributed by atoms with Gasteiger partial charge in [0.1, 0.15) is 11.6 Å². The molecule has 18 heavy (non-hydrogen) atoms. The van der Waals surface area contributed by atoms with Crippen molar-refractivity contribution in [2.24, 2.45) is 5.92 Å². The van der Waals surface area contributed by atoms with E-state index in [0.717, 1.165) is 26.1 Å². The number of aliphatic hydroxyl groups is 1. The average molecular weight is 254 g/mol. The quantitative estimate of drug-likeness (QED) is 0.897. The van der Waals surface area contributed by atoms with Crippen LogP contribution >= 0.6 is 0 Å². The number of aliphatic hydroxyl groups excluding tert-OH is 1. The average Bonchev–Trinajstić information content (AvgIpc) is 2.37. The van der Waals surface area contributed by atoms with E-state index < -0.39 is 11.9 Å². The summed E-state index contributed by atoms with van der Waals surface area (Å²) in [4.78, 5) is 0. The van der Waals surface area contributed by atoms with Crippen LogP contribution in [0.4, 0.5) is 4.39 Å². The zero-order chi connectivity index (χ0) is 13.0. The molecule has 1 aromatic rings. The summed E-state index contributed by atoms with van der Waals surface area (Å²) < 4.78 is 24.5. The van der Waals surface area contributed by atoms with E-state index in [9.17, 15) is 9.50 Å². The summed E-state index contributed by atoms with van der Waals surface area (Å²) in [6.45, 7) is 3.70. The number of halogens is 1. The van der Waals surface area contributed by atoms with Crippen molar-refractivity contribution >= 4 is 0 Å². The number of hydrogen-bond acceptors (Lipinski definition) is 3. The molecule has 0 radical (unpaired) electrons. The lowest BCUT2D eigenvalue weighted by molar-refractivity contribution is 0.0497. The van der Waals surface area contributed by atoms with Gasteiger partial charge in [0.25, 0.3) is 0 Å². The summed E-state index contributed by atoms with van der Waals surface area (Å²) in [5, 5.41) is 9.33. The molecule has 0 saturated carbocycles. The van der Waals surface area contributed by atoms with Crippen molar-refractivity contribution in [3.63, 3.8) is 0 Å². The Morgan fingerprint density at radius 3 is 2.78 bits per heavy atom. The number of ether oxygens (including phenoxy) is 2. The normalized spacial score (nSPS) is 18.6. The van der Waals surface area contributed by atoms with Crippen LogP contribution in [0.5, 0.6) is 5.75 Å². The maximum Gasteiger partial charge on any atom is 0.132 e. The summed E-state index contributed by atoms with van der Waals surface area (Å²) in [5.74, 6) is 0.580. The van der Waals surface area contributed by atoms with Gasteiger partial charge in [-0.25, -0.2) is 4.39 Å². The lowest BCUT2D eigenvalue weighted by Gasteiger charge is -2.22. The summed E-state index contributed by atoms with van der Waals surface area (Å²) in [7, 11) is 0. The van der Waals surface area contributed by atoms with E-state index in [1.807, 2.05) is 0 Å². The predicted octanol–water partition coefficient (Wildman–Crippen LogP) is 2.68. The fourth-order valence-electron chi connectivity index (χ4n) is 2.06. The maximum atomic E-state index is 13.6. The highest BCUT2D eigenvalue weighted by Crippen LogP contribution is 2.23. The maximum absolute atomic E-state index is 13.6. The molecule has 0 amide bonds. The second-order valence-electron chi connectivity index (χ2n) is 4.73. The highest BCUT2D eigenvalue weighted by atomic mass is 19.1. The van der Waals surface area contributed by atoms with Gasteiger partial charge in [-0.1, -0.05) is 0 Å². The number of hydrogen-bond donors (Lipinski definition) is 1. The molecule has 0 spiro atoms. The van der Waals surface area contributed by atoms with Gasteiger partial charge < -0.3 is 14.6 Å². The van der Waals surface area contributed by atoms with Crippen LogP contribution in [-0.4, -0.2) is 24.9 Å². The Morgan fingerprint density at radius 2 is 2.17 bits per heavy atom. The first-order chi connectivity index (χ1) is 8.66. The van der Waals surface area contributed by atoms with Crippen LogP contribution in [0.3, 0.4) is 0 Å². The predicted molar refractivity (Wildman–Crippen MR) is 66.1 cm³/mol. The molecule has 100 valence electrons. The molecular formula is C14H19FO3. The van der Waals surface area contributed by atoms with Crippen LogP contribution in [0.15, 0.2) is 18.2 Å². The van der Waals surface area contributed by atoms with Gasteiger partial charge in [0.05, 0.1) is 12.7 Å². The highest BCUT2D eigenvalue weighted by molar-refractivity contribution is 5.30. The summed E-state index contributed by atoms with van der Waals surface area (Å²) in [6.07, 6.45) is 1.19. The minimum atomic E-state index is -0.797. The molecule has 0 unspecified atom stereocenters. The van der Waals surface area contributed by atoms with Crippen molar-refractivity contribution < 1.29 is 19.0 Å². The molecule has 1 aliphatic rings. The first kappa shape index (κ1) is 13.3. The topological polar surface area (TPSA) is 38.7 Å². The van der Waals surface area contributed by atoms with E-state index in [1.165, 1.54) is 6.07 Å². The fourth-order valence-corrected chi connectivity index (χ4v) is 2.06. The molecule has 0 bridgehead atoms. The van der Waals surface area contributed by atoms with Crippen molar-refractivity contribution in [2.45, 2.75) is 25.9 Å². The summed E-state index contributed by atoms with van der Waals surface area (Å²) >= 11 is 0. The third-order valence-corrected chi connectivity index (χ3v) is 3.25. The van der Waals surface area contributed by atoms with E-state index in [2.05, 4.69) is 0 Å². The van der Waals surface area contributed by atoms with Gasteiger partial charge in [-0.05, 0) is 37.8 Å². The van der Waals surface area contributed by atoms with E-state index in [4.69, 9.17) is 9.47 Å². The van der Waals surface area contributed by atoms with Gasteiger partial charge in [0.15, 0.2) is 0 Å². The number of benzene rings is 1. The Hall–Kier alpha value is -1.13. The minimum absolute atomic E-state index is 0.299. The van der Waals surface area contributed by atoms with Gasteiger partial charge >= 0.3 is 0 Å². The molecule has 0 aromatic heterocycles. The zero-order valence-electron chi connectivity index (χ0n) is 10.6. The standard InChI is InChI=1S/C14H19FO3/c1-10(16)13-3-2-12(8-14(13)15)18-9-11-4-6-17-7-5-11/h2-3,8,10-11,16H,4-7,9H2,1H3/t10-/m0/s1.